The molecule has 0 aliphatic carbocycles. The van der Waals surface area contributed by atoms with Crippen LogP contribution in [-0.4, -0.2) is 43.6 Å². The number of nitrogens with zero attached hydrogens (tertiary/aromatic N) is 2. The topological polar surface area (TPSA) is 65.7 Å². The molecule has 0 aromatic heterocycles. The normalized spacial score (nSPS) is 12.3. The van der Waals surface area contributed by atoms with Crippen molar-refractivity contribution in [2.75, 3.05) is 26.7 Å². The second-order valence-electron chi connectivity index (χ2n) is 4.19. The number of rotatable bonds is 7. The summed E-state index contributed by atoms with van der Waals surface area (Å²) in [5.41, 5.74) is 2.55. The fourth-order valence-corrected chi connectivity index (χ4v) is 1.24. The van der Waals surface area contributed by atoms with Crippen LogP contribution in [0.5, 0.6) is 0 Å². The van der Waals surface area contributed by atoms with Crippen molar-refractivity contribution in [3.63, 3.8) is 0 Å². The van der Waals surface area contributed by atoms with E-state index < -0.39 is 0 Å². The van der Waals surface area contributed by atoms with Gasteiger partial charge < -0.3 is 10.2 Å². The third kappa shape index (κ3) is 7.48. The van der Waals surface area contributed by atoms with Gasteiger partial charge in [0.05, 0.1) is 0 Å². The Labute approximate surface area is 99.5 Å². The Hall–Kier alpha value is -0.810. The van der Waals surface area contributed by atoms with E-state index in [1.54, 1.807) is 0 Å². The zero-order chi connectivity index (χ0) is 12.4. The largest absolute Gasteiger partial charge is 0.356 e. The summed E-state index contributed by atoms with van der Waals surface area (Å²) in [6, 6.07) is 0.617. The van der Waals surface area contributed by atoms with Gasteiger partial charge in [0.25, 0.3) is 0 Å². The first kappa shape index (κ1) is 15.2. The van der Waals surface area contributed by atoms with E-state index in [1.165, 1.54) is 6.42 Å². The van der Waals surface area contributed by atoms with Crippen LogP contribution in [0.1, 0.15) is 33.6 Å². The Morgan fingerprint density at radius 1 is 1.38 bits per heavy atom. The van der Waals surface area contributed by atoms with Crippen LogP contribution in [-0.2, 0) is 0 Å². The van der Waals surface area contributed by atoms with Gasteiger partial charge in [-0.2, -0.15) is 0 Å². The van der Waals surface area contributed by atoms with E-state index in [4.69, 9.17) is 5.84 Å². The maximum absolute atomic E-state index is 5.31. The van der Waals surface area contributed by atoms with Crippen LogP contribution in [0.3, 0.4) is 0 Å². The minimum absolute atomic E-state index is 0.617. The fraction of sp³-hybridized carbons (Fsp3) is 0.909. The highest BCUT2D eigenvalue weighted by molar-refractivity contribution is 5.78. The molecule has 0 aromatic carbocycles. The van der Waals surface area contributed by atoms with E-state index >= 15 is 0 Å². The molecule has 96 valence electrons. The van der Waals surface area contributed by atoms with Gasteiger partial charge in [-0.1, -0.05) is 0 Å². The number of hydrogen-bond acceptors (Lipinski definition) is 3. The minimum Gasteiger partial charge on any atom is -0.356 e. The average Bonchev–Trinajstić information content (AvgIpc) is 2.26. The first-order chi connectivity index (χ1) is 7.61. The van der Waals surface area contributed by atoms with Gasteiger partial charge in [0.15, 0.2) is 0 Å². The van der Waals surface area contributed by atoms with Crippen LogP contribution in [0.4, 0.5) is 0 Å². The van der Waals surface area contributed by atoms with Gasteiger partial charge >= 0.3 is 0 Å². The zero-order valence-electron chi connectivity index (χ0n) is 11.1. The molecule has 0 atom stereocenters. The molecule has 0 aliphatic rings. The first-order valence-corrected chi connectivity index (χ1v) is 6.07. The summed E-state index contributed by atoms with van der Waals surface area (Å²) < 4.78 is 0. The number of hydrazine groups is 1. The molecule has 0 aromatic rings. The molecular weight excluding hydrogens is 202 g/mol. The molecule has 0 heterocycles. The number of aliphatic imine (C=N–C) groups is 1. The molecule has 0 unspecified atom stereocenters. The highest BCUT2D eigenvalue weighted by Gasteiger charge is 2.01. The van der Waals surface area contributed by atoms with Gasteiger partial charge in [-0.05, 0) is 47.2 Å². The summed E-state index contributed by atoms with van der Waals surface area (Å²) in [5.74, 6) is 5.99. The lowest BCUT2D eigenvalue weighted by Gasteiger charge is -2.20. The van der Waals surface area contributed by atoms with Gasteiger partial charge in [-0.3, -0.25) is 10.4 Å². The summed E-state index contributed by atoms with van der Waals surface area (Å²) in [7, 11) is 2.15. The van der Waals surface area contributed by atoms with E-state index in [9.17, 15) is 0 Å². The molecule has 0 saturated carbocycles. The summed E-state index contributed by atoms with van der Waals surface area (Å²) in [6.07, 6.45) is 2.26. The maximum Gasteiger partial charge on any atom is 0.205 e. The highest BCUT2D eigenvalue weighted by Crippen LogP contribution is 1.98. The third-order valence-electron chi connectivity index (χ3n) is 2.55. The number of unbranched alkanes of at least 4 members (excludes halogenated alkanes) is 1. The lowest BCUT2D eigenvalue weighted by molar-refractivity contribution is 0.269. The van der Waals surface area contributed by atoms with Crippen molar-refractivity contribution in [3.05, 3.63) is 0 Å². The Bertz CT molecular complexity index is 191. The van der Waals surface area contributed by atoms with E-state index in [2.05, 4.69) is 41.5 Å². The number of hydrogen-bond donors (Lipinski definition) is 3. The predicted molar refractivity (Wildman–Crippen MR) is 70.3 cm³/mol. The Morgan fingerprint density at radius 3 is 2.56 bits per heavy atom. The van der Waals surface area contributed by atoms with Gasteiger partial charge in [-0.25, -0.2) is 5.84 Å². The Balaban J connectivity index is 3.58. The molecule has 16 heavy (non-hydrogen) atoms. The minimum atomic E-state index is 0.617. The fourth-order valence-electron chi connectivity index (χ4n) is 1.24. The maximum atomic E-state index is 5.31. The molecule has 0 saturated heterocycles. The van der Waals surface area contributed by atoms with Gasteiger partial charge in [0, 0.05) is 19.1 Å². The van der Waals surface area contributed by atoms with Gasteiger partial charge in [0.1, 0.15) is 0 Å². The summed E-state index contributed by atoms with van der Waals surface area (Å²) in [4.78, 5) is 6.67. The van der Waals surface area contributed by atoms with Gasteiger partial charge in [0.2, 0.25) is 5.96 Å². The van der Waals surface area contributed by atoms with Crippen molar-refractivity contribution in [1.29, 1.82) is 0 Å². The van der Waals surface area contributed by atoms with Crippen LogP contribution in [0, 0.1) is 0 Å². The average molecular weight is 229 g/mol. The van der Waals surface area contributed by atoms with Crippen LogP contribution in [0.25, 0.3) is 0 Å². The second-order valence-corrected chi connectivity index (χ2v) is 4.19. The molecular formula is C11H27N5. The summed E-state index contributed by atoms with van der Waals surface area (Å²) in [5, 5.41) is 3.05. The molecule has 0 amide bonds. The molecule has 0 radical (unpaired) electrons. The molecule has 0 bridgehead atoms. The molecule has 0 spiro atoms. The van der Waals surface area contributed by atoms with E-state index in [0.717, 1.165) is 26.1 Å². The molecule has 5 heteroatoms. The lowest BCUT2D eigenvalue weighted by atomic mass is 10.2. The molecule has 0 aliphatic heterocycles. The Kier molecular flexibility index (Phi) is 8.94. The number of nitrogens with two attached hydrogens (primary N) is 1. The van der Waals surface area contributed by atoms with Crippen molar-refractivity contribution < 1.29 is 0 Å². The lowest BCUT2D eigenvalue weighted by Crippen LogP contribution is -2.41. The SMILES string of the molecule is CCNC(=NCCCCN(C)C(C)C)NN. The van der Waals surface area contributed by atoms with Crippen molar-refractivity contribution >= 4 is 5.96 Å². The van der Waals surface area contributed by atoms with Crippen LogP contribution in [0.15, 0.2) is 4.99 Å². The van der Waals surface area contributed by atoms with Crippen molar-refractivity contribution in [3.8, 4) is 0 Å². The highest BCUT2D eigenvalue weighted by atomic mass is 15.3. The van der Waals surface area contributed by atoms with Crippen molar-refractivity contribution in [2.24, 2.45) is 10.8 Å². The van der Waals surface area contributed by atoms with Crippen LogP contribution in [0.2, 0.25) is 0 Å². The smallest absolute Gasteiger partial charge is 0.205 e. The molecule has 0 rings (SSSR count). The molecule has 4 N–H and O–H groups in total. The van der Waals surface area contributed by atoms with E-state index in [1.807, 2.05) is 6.92 Å². The predicted octanol–water partition coefficient (Wildman–Crippen LogP) is 0.536. The summed E-state index contributed by atoms with van der Waals surface area (Å²) >= 11 is 0. The van der Waals surface area contributed by atoms with E-state index in [-0.39, 0.29) is 0 Å². The zero-order valence-corrected chi connectivity index (χ0v) is 11.1. The van der Waals surface area contributed by atoms with Crippen molar-refractivity contribution in [2.45, 2.75) is 39.7 Å². The van der Waals surface area contributed by atoms with Crippen molar-refractivity contribution in [1.82, 2.24) is 15.6 Å². The Morgan fingerprint density at radius 2 is 2.06 bits per heavy atom. The monoisotopic (exact) mass is 229 g/mol. The van der Waals surface area contributed by atoms with Crippen LogP contribution < -0.4 is 16.6 Å². The first-order valence-electron chi connectivity index (χ1n) is 6.07. The molecule has 5 nitrogen and oxygen atoms in total. The summed E-state index contributed by atoms with van der Waals surface area (Å²) in [6.45, 7) is 9.21. The van der Waals surface area contributed by atoms with Crippen LogP contribution >= 0.6 is 0 Å². The number of guanidine groups is 1. The third-order valence-corrected chi connectivity index (χ3v) is 2.55. The van der Waals surface area contributed by atoms with E-state index in [0.29, 0.717) is 12.0 Å². The quantitative estimate of drug-likeness (QED) is 0.196. The standard InChI is InChI=1S/C11H27N5/c1-5-13-11(15-12)14-8-6-7-9-16(4)10(2)3/h10H,5-9,12H2,1-4H3,(H2,13,14,15). The second kappa shape index (κ2) is 9.42. The van der Waals surface area contributed by atoms with Gasteiger partial charge in [-0.15, -0.1) is 0 Å². The number of nitrogens with one attached hydrogen (secondary N) is 2. The molecule has 0 fully saturated rings.